The van der Waals surface area contributed by atoms with Gasteiger partial charge in [-0.05, 0) is 17.8 Å². The van der Waals surface area contributed by atoms with Gasteiger partial charge in [0.15, 0.2) is 0 Å². The Kier molecular flexibility index (Phi) is 13.0. The first-order valence-electron chi connectivity index (χ1n) is 7.07. The molecule has 0 aromatic heterocycles. The zero-order valence-electron chi connectivity index (χ0n) is 14.1. The summed E-state index contributed by atoms with van der Waals surface area (Å²) in [5.74, 6) is 0.899. The fourth-order valence-corrected chi connectivity index (χ4v) is 2.50. The van der Waals surface area contributed by atoms with E-state index in [0.717, 1.165) is 0 Å². The summed E-state index contributed by atoms with van der Waals surface area (Å²) in [6, 6.07) is 0. The van der Waals surface area contributed by atoms with Crippen molar-refractivity contribution in [2.75, 3.05) is 19.8 Å². The largest absolute Gasteiger partial charge is 0.474 e. The number of hydrogen-bond donors (Lipinski definition) is 3. The van der Waals surface area contributed by atoms with E-state index in [-0.39, 0.29) is 0 Å². The number of hydrogen-bond acceptors (Lipinski definition) is 5. The summed E-state index contributed by atoms with van der Waals surface area (Å²) in [5, 5.41) is 0. The van der Waals surface area contributed by atoms with Crippen LogP contribution in [-0.4, -0.2) is 34.5 Å². The van der Waals surface area contributed by atoms with E-state index in [0.29, 0.717) is 37.6 Å². The molecule has 0 unspecified atom stereocenters. The van der Waals surface area contributed by atoms with Crippen LogP contribution in [0.4, 0.5) is 0 Å². The summed E-state index contributed by atoms with van der Waals surface area (Å²) in [6.45, 7) is 13.1. The average Bonchev–Trinajstić information content (AvgIpc) is 2.30. The molecule has 136 valence electrons. The standard InChI is InChI=1S/C12H27O4P.H3O4P/c1-10(2)7-14-17(13,15-8-11(3)4)16-9-12(5)6;1-5(2,3)4/h10-12H,7-9H2,1-6H3;(H3,1,2,3,4). The Labute approximate surface area is 133 Å². The van der Waals surface area contributed by atoms with Gasteiger partial charge in [0.05, 0.1) is 19.8 Å². The van der Waals surface area contributed by atoms with Crippen LogP contribution in [0.1, 0.15) is 41.5 Å². The molecule has 0 atom stereocenters. The minimum absolute atomic E-state index is 0.300. The van der Waals surface area contributed by atoms with Gasteiger partial charge in [-0.1, -0.05) is 41.5 Å². The predicted molar refractivity (Wildman–Crippen MR) is 84.2 cm³/mol. The third-order valence-corrected chi connectivity index (χ3v) is 3.09. The van der Waals surface area contributed by atoms with E-state index >= 15 is 0 Å². The molecule has 0 aromatic rings. The Morgan fingerprint density at radius 3 is 1.00 bits per heavy atom. The van der Waals surface area contributed by atoms with E-state index < -0.39 is 15.6 Å². The normalized spacial score (nSPS) is 12.7. The lowest BCUT2D eigenvalue weighted by Gasteiger charge is -2.20. The van der Waals surface area contributed by atoms with E-state index in [2.05, 4.69) is 0 Å². The Morgan fingerprint density at radius 1 is 0.682 bits per heavy atom. The van der Waals surface area contributed by atoms with Crippen LogP contribution in [0, 0.1) is 17.8 Å². The monoisotopic (exact) mass is 364 g/mol. The van der Waals surface area contributed by atoms with Crippen molar-refractivity contribution in [2.45, 2.75) is 41.5 Å². The molecule has 0 fully saturated rings. The topological polar surface area (TPSA) is 123 Å². The van der Waals surface area contributed by atoms with E-state index in [9.17, 15) is 4.57 Å². The molecule has 22 heavy (non-hydrogen) atoms. The maximum atomic E-state index is 12.3. The molecule has 3 N–H and O–H groups in total. The van der Waals surface area contributed by atoms with Crippen LogP contribution in [0.15, 0.2) is 0 Å². The molecule has 0 heterocycles. The van der Waals surface area contributed by atoms with Crippen molar-refractivity contribution >= 4 is 15.6 Å². The third-order valence-electron chi connectivity index (χ3n) is 1.70. The zero-order valence-corrected chi connectivity index (χ0v) is 15.9. The average molecular weight is 364 g/mol. The van der Waals surface area contributed by atoms with E-state index in [1.54, 1.807) is 0 Å². The van der Waals surface area contributed by atoms with Gasteiger partial charge in [-0.25, -0.2) is 9.13 Å². The van der Waals surface area contributed by atoms with Crippen molar-refractivity contribution < 1.29 is 37.4 Å². The molecular formula is C12H30O8P2. The Bertz CT molecular complexity index is 318. The van der Waals surface area contributed by atoms with Crippen LogP contribution < -0.4 is 0 Å². The number of phosphoric ester groups is 1. The summed E-state index contributed by atoms with van der Waals surface area (Å²) >= 11 is 0. The maximum Gasteiger partial charge on any atom is 0.474 e. The van der Waals surface area contributed by atoms with Gasteiger partial charge >= 0.3 is 15.6 Å². The molecule has 0 spiro atoms. The van der Waals surface area contributed by atoms with Crippen molar-refractivity contribution in [1.29, 1.82) is 0 Å². The molecular weight excluding hydrogens is 334 g/mol. The van der Waals surface area contributed by atoms with Gasteiger partial charge in [-0.3, -0.25) is 13.6 Å². The van der Waals surface area contributed by atoms with Crippen LogP contribution in [0.25, 0.3) is 0 Å². The highest BCUT2D eigenvalue weighted by Gasteiger charge is 2.27. The van der Waals surface area contributed by atoms with Crippen molar-refractivity contribution in [3.05, 3.63) is 0 Å². The Morgan fingerprint density at radius 2 is 0.864 bits per heavy atom. The highest BCUT2D eigenvalue weighted by Crippen LogP contribution is 2.50. The van der Waals surface area contributed by atoms with E-state index in [1.165, 1.54) is 0 Å². The lowest BCUT2D eigenvalue weighted by Crippen LogP contribution is -2.10. The molecule has 8 nitrogen and oxygen atoms in total. The molecule has 0 amide bonds. The summed E-state index contributed by atoms with van der Waals surface area (Å²) in [4.78, 5) is 21.6. The second-order valence-corrected chi connectivity index (χ2v) is 8.72. The van der Waals surface area contributed by atoms with Gasteiger partial charge in [0.2, 0.25) is 0 Å². The molecule has 0 aliphatic heterocycles. The number of phosphoric acid groups is 2. The molecule has 0 saturated carbocycles. The molecule has 10 heteroatoms. The van der Waals surface area contributed by atoms with E-state index in [4.69, 9.17) is 32.8 Å². The van der Waals surface area contributed by atoms with Crippen LogP contribution in [0.5, 0.6) is 0 Å². The van der Waals surface area contributed by atoms with Gasteiger partial charge in [-0.15, -0.1) is 0 Å². The quantitative estimate of drug-likeness (QED) is 0.533. The first kappa shape index (κ1) is 24.5. The second-order valence-electron chi connectivity index (χ2n) is 6.03. The smallest absolute Gasteiger partial charge is 0.303 e. The third kappa shape index (κ3) is 22.5. The van der Waals surface area contributed by atoms with E-state index in [1.807, 2.05) is 41.5 Å². The van der Waals surface area contributed by atoms with Crippen LogP contribution in [0.2, 0.25) is 0 Å². The Balaban J connectivity index is 0. The van der Waals surface area contributed by atoms with Crippen molar-refractivity contribution in [3.63, 3.8) is 0 Å². The maximum absolute atomic E-state index is 12.3. The van der Waals surface area contributed by atoms with Gasteiger partial charge in [-0.2, -0.15) is 0 Å². The highest BCUT2D eigenvalue weighted by molar-refractivity contribution is 7.48. The molecule has 0 bridgehead atoms. The van der Waals surface area contributed by atoms with Gasteiger partial charge in [0, 0.05) is 0 Å². The van der Waals surface area contributed by atoms with Gasteiger partial charge in [0.25, 0.3) is 0 Å². The minimum atomic E-state index is -4.64. The Hall–Kier alpha value is 0.220. The molecule has 0 aliphatic carbocycles. The fourth-order valence-electron chi connectivity index (χ4n) is 0.833. The molecule has 0 radical (unpaired) electrons. The molecule has 0 aliphatic rings. The predicted octanol–water partition coefficient (Wildman–Crippen LogP) is 3.18. The van der Waals surface area contributed by atoms with Gasteiger partial charge in [0.1, 0.15) is 0 Å². The van der Waals surface area contributed by atoms with Gasteiger partial charge < -0.3 is 14.7 Å². The lowest BCUT2D eigenvalue weighted by molar-refractivity contribution is 0.0882. The minimum Gasteiger partial charge on any atom is -0.303 e. The summed E-state index contributed by atoms with van der Waals surface area (Å²) in [5.41, 5.74) is 0. The van der Waals surface area contributed by atoms with Crippen molar-refractivity contribution in [2.24, 2.45) is 17.8 Å². The summed E-state index contributed by atoms with van der Waals surface area (Å²) in [7, 11) is -8.02. The summed E-state index contributed by atoms with van der Waals surface area (Å²) in [6.07, 6.45) is 0. The van der Waals surface area contributed by atoms with Crippen LogP contribution in [0.3, 0.4) is 0 Å². The SMILES string of the molecule is CC(C)COP(=O)(OCC(C)C)OCC(C)C.O=P(O)(O)O. The first-order valence-corrected chi connectivity index (χ1v) is 10.1. The van der Waals surface area contributed by atoms with Crippen molar-refractivity contribution in [1.82, 2.24) is 0 Å². The number of rotatable bonds is 9. The highest BCUT2D eigenvalue weighted by atomic mass is 31.2. The van der Waals surface area contributed by atoms with Crippen molar-refractivity contribution in [3.8, 4) is 0 Å². The second kappa shape index (κ2) is 11.7. The first-order chi connectivity index (χ1) is 9.75. The lowest BCUT2D eigenvalue weighted by atomic mass is 10.2. The van der Waals surface area contributed by atoms with Crippen LogP contribution in [-0.2, 0) is 22.7 Å². The van der Waals surface area contributed by atoms with Crippen LogP contribution >= 0.6 is 15.6 Å². The molecule has 0 rings (SSSR count). The zero-order chi connectivity index (χ0) is 18.0. The molecule has 0 saturated heterocycles. The fraction of sp³-hybridized carbons (Fsp3) is 1.00. The molecule has 0 aromatic carbocycles. The summed E-state index contributed by atoms with van der Waals surface area (Å²) < 4.78 is 37.1.